The number of fused-ring (bicyclic) bond motifs is 1. The van der Waals surface area contributed by atoms with Crippen LogP contribution >= 0.6 is 11.6 Å². The topological polar surface area (TPSA) is 38.1 Å². The molecular formula is C29H29ClFN3O. The van der Waals surface area contributed by atoms with E-state index in [-0.39, 0.29) is 17.4 Å². The number of hydrogen-bond acceptors (Lipinski definition) is 3. The molecule has 4 aromatic rings. The number of aromatic nitrogens is 2. The van der Waals surface area contributed by atoms with E-state index in [0.29, 0.717) is 11.4 Å². The van der Waals surface area contributed by atoms with E-state index in [1.807, 2.05) is 60.7 Å². The third-order valence-corrected chi connectivity index (χ3v) is 7.20. The average molecular weight is 490 g/mol. The van der Waals surface area contributed by atoms with Gasteiger partial charge in [0.1, 0.15) is 5.82 Å². The molecule has 0 spiro atoms. The summed E-state index contributed by atoms with van der Waals surface area (Å²) in [4.78, 5) is 15.8. The van der Waals surface area contributed by atoms with Crippen molar-refractivity contribution in [1.82, 2.24) is 14.7 Å². The summed E-state index contributed by atoms with van der Waals surface area (Å²) >= 11 is 6.06. The van der Waals surface area contributed by atoms with Crippen molar-refractivity contribution in [3.8, 4) is 0 Å². The second kappa shape index (κ2) is 10.7. The maximum absolute atomic E-state index is 13.4. The fraction of sp³-hybridized carbons (Fsp3) is 0.310. The molecule has 2 heterocycles. The van der Waals surface area contributed by atoms with Crippen LogP contribution in [0.1, 0.15) is 42.1 Å². The summed E-state index contributed by atoms with van der Waals surface area (Å²) in [6, 6.07) is 22.5. The summed E-state index contributed by atoms with van der Waals surface area (Å²) in [5, 5.41) is 7.26. The first-order chi connectivity index (χ1) is 17.1. The lowest BCUT2D eigenvalue weighted by atomic mass is 10.0. The van der Waals surface area contributed by atoms with Gasteiger partial charge in [-0.3, -0.25) is 4.79 Å². The summed E-state index contributed by atoms with van der Waals surface area (Å²) in [6.07, 6.45) is 4.44. The molecule has 0 radical (unpaired) electrons. The van der Waals surface area contributed by atoms with Gasteiger partial charge in [0.25, 0.3) is 5.56 Å². The molecule has 1 aliphatic heterocycles. The van der Waals surface area contributed by atoms with Crippen LogP contribution < -0.4 is 5.56 Å². The smallest absolute Gasteiger partial charge is 0.274 e. The molecule has 0 saturated carbocycles. The van der Waals surface area contributed by atoms with Gasteiger partial charge in [0.15, 0.2) is 0 Å². The van der Waals surface area contributed by atoms with Crippen LogP contribution in [-0.4, -0.2) is 34.3 Å². The molecule has 4 nitrogen and oxygen atoms in total. The highest BCUT2D eigenvalue weighted by Gasteiger charge is 2.23. The molecule has 6 heteroatoms. The highest BCUT2D eigenvalue weighted by Crippen LogP contribution is 2.24. The van der Waals surface area contributed by atoms with Gasteiger partial charge in [0.2, 0.25) is 0 Å². The Morgan fingerprint density at radius 1 is 0.886 bits per heavy atom. The molecule has 5 rings (SSSR count). The molecule has 0 bridgehead atoms. The Bertz CT molecular complexity index is 1340. The minimum Gasteiger partial charge on any atom is -0.303 e. The molecule has 180 valence electrons. The van der Waals surface area contributed by atoms with Crippen LogP contribution in [0.2, 0.25) is 5.02 Å². The Morgan fingerprint density at radius 3 is 2.26 bits per heavy atom. The predicted molar refractivity (Wildman–Crippen MR) is 140 cm³/mol. The van der Waals surface area contributed by atoms with Crippen molar-refractivity contribution in [3.05, 3.63) is 111 Å². The van der Waals surface area contributed by atoms with Crippen molar-refractivity contribution in [2.75, 3.05) is 19.6 Å². The van der Waals surface area contributed by atoms with E-state index in [1.54, 1.807) is 4.68 Å². The number of piperidine rings is 1. The SMILES string of the molecule is O=c1c2ccccc2c(Cc2ccc(Cl)cc2)nn1C1CCN(CCCc2ccc(F)cc2)CC1. The van der Waals surface area contributed by atoms with Crippen LogP contribution in [0.5, 0.6) is 0 Å². The zero-order valence-electron chi connectivity index (χ0n) is 19.7. The summed E-state index contributed by atoms with van der Waals surface area (Å²) in [5.74, 6) is -0.190. The van der Waals surface area contributed by atoms with Gasteiger partial charge in [-0.05, 0) is 73.7 Å². The first-order valence-electron chi connectivity index (χ1n) is 12.3. The van der Waals surface area contributed by atoms with Crippen molar-refractivity contribution in [3.63, 3.8) is 0 Å². The zero-order valence-corrected chi connectivity index (χ0v) is 20.4. The van der Waals surface area contributed by atoms with Crippen molar-refractivity contribution < 1.29 is 4.39 Å². The van der Waals surface area contributed by atoms with E-state index in [2.05, 4.69) is 4.90 Å². The Hall–Kier alpha value is -3.02. The average Bonchev–Trinajstić information content (AvgIpc) is 2.89. The predicted octanol–water partition coefficient (Wildman–Crippen LogP) is 6.05. The van der Waals surface area contributed by atoms with Gasteiger partial charge in [-0.15, -0.1) is 0 Å². The molecule has 0 amide bonds. The molecule has 0 N–H and O–H groups in total. The van der Waals surface area contributed by atoms with Crippen LogP contribution in [0.4, 0.5) is 4.39 Å². The number of aryl methyl sites for hydroxylation is 1. The van der Waals surface area contributed by atoms with Crippen LogP contribution in [0.3, 0.4) is 0 Å². The lowest BCUT2D eigenvalue weighted by molar-refractivity contribution is 0.175. The molecule has 0 atom stereocenters. The second-order valence-corrected chi connectivity index (χ2v) is 9.78. The summed E-state index contributed by atoms with van der Waals surface area (Å²) in [6.45, 7) is 2.90. The molecular weight excluding hydrogens is 461 g/mol. The molecule has 35 heavy (non-hydrogen) atoms. The fourth-order valence-corrected chi connectivity index (χ4v) is 5.12. The van der Waals surface area contributed by atoms with Crippen LogP contribution in [-0.2, 0) is 12.8 Å². The highest BCUT2D eigenvalue weighted by atomic mass is 35.5. The van der Waals surface area contributed by atoms with Crippen molar-refractivity contribution in [2.24, 2.45) is 0 Å². The summed E-state index contributed by atoms with van der Waals surface area (Å²) < 4.78 is 14.8. The lowest BCUT2D eigenvalue weighted by Crippen LogP contribution is -2.39. The van der Waals surface area contributed by atoms with E-state index < -0.39 is 0 Å². The van der Waals surface area contributed by atoms with E-state index in [4.69, 9.17) is 16.7 Å². The number of hydrogen-bond donors (Lipinski definition) is 0. The lowest BCUT2D eigenvalue weighted by Gasteiger charge is -2.32. The molecule has 1 fully saturated rings. The number of rotatable bonds is 7. The van der Waals surface area contributed by atoms with Gasteiger partial charge < -0.3 is 4.90 Å². The van der Waals surface area contributed by atoms with E-state index in [0.717, 1.165) is 67.3 Å². The Balaban J connectivity index is 1.28. The normalized spacial score (nSPS) is 15.0. The number of halogens is 2. The van der Waals surface area contributed by atoms with E-state index in [9.17, 15) is 9.18 Å². The largest absolute Gasteiger partial charge is 0.303 e. The van der Waals surface area contributed by atoms with Crippen LogP contribution in [0, 0.1) is 5.82 Å². The summed E-state index contributed by atoms with van der Waals surface area (Å²) in [7, 11) is 0. The van der Waals surface area contributed by atoms with Gasteiger partial charge in [0.05, 0.1) is 17.1 Å². The maximum atomic E-state index is 13.4. The molecule has 1 saturated heterocycles. The fourth-order valence-electron chi connectivity index (χ4n) is 4.99. The van der Waals surface area contributed by atoms with E-state index in [1.165, 1.54) is 17.7 Å². The third-order valence-electron chi connectivity index (χ3n) is 6.95. The summed E-state index contributed by atoms with van der Waals surface area (Å²) in [5.41, 5.74) is 3.20. The van der Waals surface area contributed by atoms with Crippen LogP contribution in [0.15, 0.2) is 77.6 Å². The van der Waals surface area contributed by atoms with Gasteiger partial charge in [-0.25, -0.2) is 9.07 Å². The van der Waals surface area contributed by atoms with Gasteiger partial charge in [0, 0.05) is 29.9 Å². The minimum absolute atomic E-state index is 0.00443. The van der Waals surface area contributed by atoms with E-state index >= 15 is 0 Å². The Kier molecular flexibility index (Phi) is 7.26. The second-order valence-electron chi connectivity index (χ2n) is 9.35. The monoisotopic (exact) mass is 489 g/mol. The quantitative estimate of drug-likeness (QED) is 0.317. The van der Waals surface area contributed by atoms with Gasteiger partial charge in [-0.1, -0.05) is 54.1 Å². The number of nitrogens with zero attached hydrogens (tertiary/aromatic N) is 3. The van der Waals surface area contributed by atoms with Crippen LogP contribution in [0.25, 0.3) is 10.8 Å². The molecule has 1 aliphatic rings. The van der Waals surface area contributed by atoms with Crippen molar-refractivity contribution >= 4 is 22.4 Å². The molecule has 0 aliphatic carbocycles. The third kappa shape index (κ3) is 5.63. The molecule has 1 aromatic heterocycles. The van der Waals surface area contributed by atoms with Crippen molar-refractivity contribution in [2.45, 2.75) is 38.1 Å². The molecule has 0 unspecified atom stereocenters. The zero-order chi connectivity index (χ0) is 24.2. The van der Waals surface area contributed by atoms with Gasteiger partial charge >= 0.3 is 0 Å². The van der Waals surface area contributed by atoms with Gasteiger partial charge in [-0.2, -0.15) is 5.10 Å². The minimum atomic E-state index is -0.190. The highest BCUT2D eigenvalue weighted by molar-refractivity contribution is 6.30. The first-order valence-corrected chi connectivity index (χ1v) is 12.7. The standard InChI is InChI=1S/C29H29ClFN3O/c30-23-11-7-22(8-12-23)20-28-26-5-1-2-6-27(26)29(35)34(32-28)25-15-18-33(19-16-25)17-3-4-21-9-13-24(31)14-10-21/h1-2,5-14,25H,3-4,15-20H2. The molecule has 3 aromatic carbocycles. The van der Waals surface area contributed by atoms with Crippen molar-refractivity contribution in [1.29, 1.82) is 0 Å². The Morgan fingerprint density at radius 2 is 1.54 bits per heavy atom. The number of benzene rings is 3. The Labute approximate surface area is 210 Å². The first kappa shape index (κ1) is 23.7. The maximum Gasteiger partial charge on any atom is 0.274 e. The number of likely N-dealkylation sites (tertiary alicyclic amines) is 1.